The Hall–Kier alpha value is -3.94. The summed E-state index contributed by atoms with van der Waals surface area (Å²) in [6.45, 7) is 4.80. The minimum Gasteiger partial charge on any atom is -0.493 e. The number of rotatable bonds is 8. The first kappa shape index (κ1) is 26.7. The Balaban J connectivity index is 1.64. The second-order valence-corrected chi connectivity index (χ2v) is 8.57. The van der Waals surface area contributed by atoms with Crippen molar-refractivity contribution in [3.63, 3.8) is 0 Å². The van der Waals surface area contributed by atoms with Crippen LogP contribution in [0.4, 0.5) is 0 Å². The largest absolute Gasteiger partial charge is 0.493 e. The molecule has 2 unspecified atom stereocenters. The van der Waals surface area contributed by atoms with E-state index in [0.29, 0.717) is 36.1 Å². The number of methoxy groups -OCH3 is 4. The molecule has 2 atom stereocenters. The highest BCUT2D eigenvalue weighted by molar-refractivity contribution is 5.94. The van der Waals surface area contributed by atoms with Gasteiger partial charge in [0.2, 0.25) is 11.8 Å². The van der Waals surface area contributed by atoms with E-state index in [9.17, 15) is 9.59 Å². The number of hydrogen-bond donors (Lipinski definition) is 0. The number of nitrogens with zero attached hydrogens (tertiary/aromatic N) is 2. The third-order valence-electron chi connectivity index (χ3n) is 6.20. The molecule has 0 bridgehead atoms. The van der Waals surface area contributed by atoms with E-state index in [4.69, 9.17) is 18.9 Å². The number of ether oxygens (including phenoxy) is 4. The van der Waals surface area contributed by atoms with Gasteiger partial charge in [-0.1, -0.05) is 12.1 Å². The fourth-order valence-corrected chi connectivity index (χ4v) is 4.18. The summed E-state index contributed by atoms with van der Waals surface area (Å²) in [5, 5.41) is 0. The van der Waals surface area contributed by atoms with Gasteiger partial charge in [0.15, 0.2) is 23.0 Å². The van der Waals surface area contributed by atoms with Gasteiger partial charge in [0.1, 0.15) is 0 Å². The molecule has 2 aromatic rings. The van der Waals surface area contributed by atoms with Crippen LogP contribution in [0, 0.1) is 0 Å². The molecule has 192 valence electrons. The average molecular weight is 495 g/mol. The molecule has 0 aliphatic carbocycles. The topological polar surface area (TPSA) is 77.5 Å². The Morgan fingerprint density at radius 2 is 1.03 bits per heavy atom. The van der Waals surface area contributed by atoms with Crippen LogP contribution in [0.15, 0.2) is 48.6 Å². The minimum atomic E-state index is -0.123. The molecule has 36 heavy (non-hydrogen) atoms. The van der Waals surface area contributed by atoms with Crippen molar-refractivity contribution in [3.8, 4) is 23.0 Å². The van der Waals surface area contributed by atoms with Crippen molar-refractivity contribution in [2.45, 2.75) is 25.9 Å². The summed E-state index contributed by atoms with van der Waals surface area (Å²) in [5.74, 6) is 2.26. The third-order valence-corrected chi connectivity index (χ3v) is 6.20. The first-order chi connectivity index (χ1) is 17.3. The first-order valence-electron chi connectivity index (χ1n) is 11.7. The van der Waals surface area contributed by atoms with Crippen molar-refractivity contribution in [1.29, 1.82) is 0 Å². The van der Waals surface area contributed by atoms with Crippen molar-refractivity contribution in [1.82, 2.24) is 9.80 Å². The van der Waals surface area contributed by atoms with Gasteiger partial charge in [0.05, 0.1) is 28.4 Å². The molecule has 1 heterocycles. The van der Waals surface area contributed by atoms with Gasteiger partial charge in [-0.05, 0) is 61.4 Å². The molecular formula is C28H34N2O6. The van der Waals surface area contributed by atoms with Crippen molar-refractivity contribution in [2.75, 3.05) is 41.5 Å². The van der Waals surface area contributed by atoms with Crippen LogP contribution in [-0.4, -0.2) is 75.2 Å². The molecule has 8 nitrogen and oxygen atoms in total. The number of amides is 2. The standard InChI is InChI=1S/C28H34N2O6/c1-19-17-30(28(32)14-10-22-8-12-24(34-4)26(16-22)36-6)20(2)18-29(19)27(31)13-9-21-7-11-23(33-3)25(15-21)35-5/h7-16,19-20H,17-18H2,1-6H3/b13-9+,14-10+. The van der Waals surface area contributed by atoms with Crippen LogP contribution in [0.3, 0.4) is 0 Å². The zero-order valence-electron chi connectivity index (χ0n) is 21.7. The Labute approximate surface area is 212 Å². The molecule has 1 saturated heterocycles. The summed E-state index contributed by atoms with van der Waals surface area (Å²) in [7, 11) is 6.30. The van der Waals surface area contributed by atoms with E-state index in [1.165, 1.54) is 0 Å². The summed E-state index contributed by atoms with van der Waals surface area (Å²) < 4.78 is 21.2. The molecule has 0 aromatic heterocycles. The van der Waals surface area contributed by atoms with E-state index in [1.807, 2.05) is 38.1 Å². The number of carbonyl (C=O) groups is 2. The summed E-state index contributed by atoms with van der Waals surface area (Å²) >= 11 is 0. The second kappa shape index (κ2) is 12.2. The Bertz CT molecular complexity index is 1050. The lowest BCUT2D eigenvalue weighted by Gasteiger charge is -2.43. The van der Waals surface area contributed by atoms with Crippen molar-refractivity contribution < 1.29 is 28.5 Å². The van der Waals surface area contributed by atoms with E-state index in [1.54, 1.807) is 74.7 Å². The van der Waals surface area contributed by atoms with Gasteiger partial charge in [-0.2, -0.15) is 0 Å². The zero-order valence-corrected chi connectivity index (χ0v) is 21.7. The normalized spacial score (nSPS) is 17.9. The molecule has 0 radical (unpaired) electrons. The smallest absolute Gasteiger partial charge is 0.246 e. The number of piperazine rings is 1. The quantitative estimate of drug-likeness (QED) is 0.518. The van der Waals surface area contributed by atoms with Crippen LogP contribution in [0.2, 0.25) is 0 Å². The molecule has 0 saturated carbocycles. The predicted octanol–water partition coefficient (Wildman–Crippen LogP) is 3.90. The maximum absolute atomic E-state index is 12.9. The summed E-state index contributed by atoms with van der Waals surface area (Å²) in [6, 6.07) is 10.7. The maximum atomic E-state index is 12.9. The highest BCUT2D eigenvalue weighted by Crippen LogP contribution is 2.29. The van der Waals surface area contributed by atoms with Crippen LogP contribution >= 0.6 is 0 Å². The maximum Gasteiger partial charge on any atom is 0.246 e. The third kappa shape index (κ3) is 6.19. The Morgan fingerprint density at radius 3 is 1.36 bits per heavy atom. The zero-order chi connectivity index (χ0) is 26.2. The predicted molar refractivity (Wildman–Crippen MR) is 140 cm³/mol. The van der Waals surface area contributed by atoms with E-state index < -0.39 is 0 Å². The highest BCUT2D eigenvalue weighted by atomic mass is 16.5. The van der Waals surface area contributed by atoms with Crippen LogP contribution < -0.4 is 18.9 Å². The molecule has 8 heteroatoms. The van der Waals surface area contributed by atoms with Gasteiger partial charge >= 0.3 is 0 Å². The van der Waals surface area contributed by atoms with Crippen LogP contribution in [-0.2, 0) is 9.59 Å². The summed E-state index contributed by atoms with van der Waals surface area (Å²) in [6.07, 6.45) is 6.62. The Morgan fingerprint density at radius 1 is 0.667 bits per heavy atom. The van der Waals surface area contributed by atoms with Crippen LogP contribution in [0.5, 0.6) is 23.0 Å². The number of hydrogen-bond acceptors (Lipinski definition) is 6. The minimum absolute atomic E-state index is 0.0999. The van der Waals surface area contributed by atoms with Gasteiger partial charge in [-0.15, -0.1) is 0 Å². The molecule has 0 N–H and O–H groups in total. The van der Waals surface area contributed by atoms with Gasteiger partial charge in [0, 0.05) is 37.3 Å². The highest BCUT2D eigenvalue weighted by Gasteiger charge is 2.32. The van der Waals surface area contributed by atoms with Gasteiger partial charge < -0.3 is 28.7 Å². The lowest BCUT2D eigenvalue weighted by molar-refractivity contribution is -0.139. The lowest BCUT2D eigenvalue weighted by atomic mass is 10.1. The second-order valence-electron chi connectivity index (χ2n) is 8.57. The monoisotopic (exact) mass is 494 g/mol. The van der Waals surface area contributed by atoms with Gasteiger partial charge in [0.25, 0.3) is 0 Å². The first-order valence-corrected chi connectivity index (χ1v) is 11.7. The molecule has 0 spiro atoms. The van der Waals surface area contributed by atoms with Crippen molar-refractivity contribution >= 4 is 24.0 Å². The van der Waals surface area contributed by atoms with E-state index in [0.717, 1.165) is 11.1 Å². The molecule has 1 fully saturated rings. The molecule has 1 aliphatic rings. The molecule has 1 aliphatic heterocycles. The summed E-state index contributed by atoms with van der Waals surface area (Å²) in [5.41, 5.74) is 1.66. The molecule has 2 aromatic carbocycles. The average Bonchev–Trinajstić information content (AvgIpc) is 2.90. The van der Waals surface area contributed by atoms with Crippen molar-refractivity contribution in [3.05, 3.63) is 59.7 Å². The molecule has 3 rings (SSSR count). The SMILES string of the molecule is COc1ccc(/C=C/C(=O)N2CC(C)N(C(=O)/C=C/c3ccc(OC)c(OC)c3)CC2C)cc1OC. The van der Waals surface area contributed by atoms with Crippen LogP contribution in [0.25, 0.3) is 12.2 Å². The fourth-order valence-electron chi connectivity index (χ4n) is 4.18. The van der Waals surface area contributed by atoms with Crippen molar-refractivity contribution in [2.24, 2.45) is 0 Å². The Kier molecular flexibility index (Phi) is 9.00. The molecule has 2 amide bonds. The molecular weight excluding hydrogens is 460 g/mol. The fraction of sp³-hybridized carbons (Fsp3) is 0.357. The van der Waals surface area contributed by atoms with E-state index >= 15 is 0 Å². The summed E-state index contributed by atoms with van der Waals surface area (Å²) in [4.78, 5) is 29.5. The van der Waals surface area contributed by atoms with E-state index in [2.05, 4.69) is 0 Å². The van der Waals surface area contributed by atoms with Gasteiger partial charge in [-0.25, -0.2) is 0 Å². The van der Waals surface area contributed by atoms with Crippen LogP contribution in [0.1, 0.15) is 25.0 Å². The lowest BCUT2D eigenvalue weighted by Crippen LogP contribution is -2.59. The van der Waals surface area contributed by atoms with Gasteiger partial charge in [-0.3, -0.25) is 9.59 Å². The number of carbonyl (C=O) groups excluding carboxylic acids is 2. The number of benzene rings is 2. The van der Waals surface area contributed by atoms with E-state index in [-0.39, 0.29) is 23.9 Å².